The lowest BCUT2D eigenvalue weighted by Gasteiger charge is -2.26. The first-order valence-electron chi connectivity index (χ1n) is 13.5. The van der Waals surface area contributed by atoms with Gasteiger partial charge in [-0.05, 0) is 54.7 Å². The third-order valence-corrected chi connectivity index (χ3v) is 7.76. The third kappa shape index (κ3) is 5.42. The lowest BCUT2D eigenvalue weighted by Crippen LogP contribution is -2.40. The van der Waals surface area contributed by atoms with Crippen molar-refractivity contribution in [3.05, 3.63) is 126 Å². The van der Waals surface area contributed by atoms with Gasteiger partial charge in [-0.15, -0.1) is 0 Å². The highest BCUT2D eigenvalue weighted by molar-refractivity contribution is 7.07. The summed E-state index contributed by atoms with van der Waals surface area (Å²) in [5.41, 5.74) is 4.33. The molecule has 40 heavy (non-hydrogen) atoms. The zero-order valence-corrected chi connectivity index (χ0v) is 23.9. The maximum atomic E-state index is 14.0. The number of hydrogen-bond acceptors (Lipinski definition) is 6. The lowest BCUT2D eigenvalue weighted by molar-refractivity contribution is -0.138. The molecule has 0 bridgehead atoms. The van der Waals surface area contributed by atoms with Crippen LogP contribution < -0.4 is 19.6 Å². The molecule has 0 amide bonds. The van der Waals surface area contributed by atoms with Crippen LogP contribution in [0.2, 0.25) is 0 Å². The SMILES string of the molecule is CCOC(=O)C1=C(c2ccccc2)N=c2s/c(=C\c3ccc(OCC)cc3)c(=O)n2[C@H]1c1ccc(C(C)C)cc1. The first-order chi connectivity index (χ1) is 19.4. The van der Waals surface area contributed by atoms with E-state index in [0.29, 0.717) is 33.1 Å². The van der Waals surface area contributed by atoms with Crippen molar-refractivity contribution in [1.29, 1.82) is 0 Å². The molecule has 0 aliphatic carbocycles. The number of thiazole rings is 1. The van der Waals surface area contributed by atoms with Crippen molar-refractivity contribution in [1.82, 2.24) is 4.57 Å². The molecule has 1 aliphatic heterocycles. The van der Waals surface area contributed by atoms with E-state index in [1.54, 1.807) is 11.5 Å². The maximum Gasteiger partial charge on any atom is 0.338 e. The lowest BCUT2D eigenvalue weighted by atomic mass is 9.91. The first-order valence-corrected chi connectivity index (χ1v) is 14.3. The van der Waals surface area contributed by atoms with Crippen LogP contribution >= 0.6 is 11.3 Å². The van der Waals surface area contributed by atoms with Crippen LogP contribution in [0.15, 0.2) is 94.2 Å². The van der Waals surface area contributed by atoms with Crippen LogP contribution in [0.1, 0.15) is 61.9 Å². The summed E-state index contributed by atoms with van der Waals surface area (Å²) in [6.07, 6.45) is 1.86. The number of carbonyl (C=O) groups is 1. The van der Waals surface area contributed by atoms with Gasteiger partial charge in [-0.1, -0.05) is 91.9 Å². The number of hydrogen-bond donors (Lipinski definition) is 0. The highest BCUT2D eigenvalue weighted by Gasteiger charge is 2.35. The van der Waals surface area contributed by atoms with Crippen LogP contribution in [0.5, 0.6) is 5.75 Å². The van der Waals surface area contributed by atoms with E-state index in [4.69, 9.17) is 14.5 Å². The molecule has 3 aromatic carbocycles. The number of fused-ring (bicyclic) bond motifs is 1. The average Bonchev–Trinajstić information content (AvgIpc) is 3.28. The van der Waals surface area contributed by atoms with E-state index in [9.17, 15) is 9.59 Å². The fraction of sp³-hybridized carbons (Fsp3) is 0.242. The van der Waals surface area contributed by atoms with E-state index < -0.39 is 12.0 Å². The number of ether oxygens (including phenoxy) is 2. The Kier molecular flexibility index (Phi) is 8.12. The second kappa shape index (κ2) is 11.9. The van der Waals surface area contributed by atoms with Gasteiger partial charge in [0, 0.05) is 5.56 Å². The molecule has 0 radical (unpaired) electrons. The minimum atomic E-state index is -0.686. The van der Waals surface area contributed by atoms with E-state index in [0.717, 1.165) is 22.4 Å². The molecular formula is C33H32N2O4S. The Labute approximate surface area is 237 Å². The minimum Gasteiger partial charge on any atom is -0.494 e. The molecule has 4 aromatic rings. The van der Waals surface area contributed by atoms with Crippen molar-refractivity contribution >= 4 is 29.1 Å². The van der Waals surface area contributed by atoms with Gasteiger partial charge in [-0.25, -0.2) is 9.79 Å². The second-order valence-electron chi connectivity index (χ2n) is 9.75. The number of carbonyl (C=O) groups excluding carboxylic acids is 1. The van der Waals surface area contributed by atoms with Gasteiger partial charge in [-0.3, -0.25) is 9.36 Å². The van der Waals surface area contributed by atoms with Crippen LogP contribution in [0.25, 0.3) is 11.8 Å². The summed E-state index contributed by atoms with van der Waals surface area (Å²) in [5.74, 6) is 0.645. The Morgan fingerprint density at radius 2 is 1.68 bits per heavy atom. The Morgan fingerprint density at radius 3 is 2.30 bits per heavy atom. The predicted octanol–water partition coefficient (Wildman–Crippen LogP) is 5.46. The monoisotopic (exact) mass is 552 g/mol. The highest BCUT2D eigenvalue weighted by atomic mass is 32.1. The molecule has 0 fully saturated rings. The molecule has 0 spiro atoms. The van der Waals surface area contributed by atoms with Crippen LogP contribution in [-0.2, 0) is 9.53 Å². The van der Waals surface area contributed by atoms with Crippen LogP contribution in [0.3, 0.4) is 0 Å². The number of aromatic nitrogens is 1. The van der Waals surface area contributed by atoms with Crippen molar-refractivity contribution in [2.45, 2.75) is 39.7 Å². The third-order valence-electron chi connectivity index (χ3n) is 6.78. The predicted molar refractivity (Wildman–Crippen MR) is 159 cm³/mol. The zero-order valence-electron chi connectivity index (χ0n) is 23.1. The molecule has 204 valence electrons. The molecule has 2 heterocycles. The Balaban J connectivity index is 1.76. The van der Waals surface area contributed by atoms with E-state index >= 15 is 0 Å². The summed E-state index contributed by atoms with van der Waals surface area (Å²) in [6, 6.07) is 24.6. The van der Waals surface area contributed by atoms with Crippen molar-refractivity contribution in [2.24, 2.45) is 4.99 Å². The van der Waals surface area contributed by atoms with E-state index in [2.05, 4.69) is 26.0 Å². The van der Waals surface area contributed by atoms with Crippen LogP contribution in [0, 0.1) is 0 Å². The van der Waals surface area contributed by atoms with Gasteiger partial charge < -0.3 is 9.47 Å². The molecule has 0 saturated carbocycles. The first kappa shape index (κ1) is 27.3. The van der Waals surface area contributed by atoms with Gasteiger partial charge in [0.2, 0.25) is 0 Å². The molecule has 5 rings (SSSR count). The summed E-state index contributed by atoms with van der Waals surface area (Å²) >= 11 is 1.31. The summed E-state index contributed by atoms with van der Waals surface area (Å²) in [5, 5.41) is 0. The van der Waals surface area contributed by atoms with Crippen molar-refractivity contribution < 1.29 is 14.3 Å². The zero-order chi connectivity index (χ0) is 28.2. The summed E-state index contributed by atoms with van der Waals surface area (Å²) < 4.78 is 13.3. The fourth-order valence-electron chi connectivity index (χ4n) is 4.80. The quantitative estimate of drug-likeness (QED) is 0.272. The number of nitrogens with zero attached hydrogens (tertiary/aromatic N) is 2. The molecule has 1 atom stereocenters. The average molecular weight is 553 g/mol. The second-order valence-corrected chi connectivity index (χ2v) is 10.8. The Hall–Kier alpha value is -4.23. The summed E-state index contributed by atoms with van der Waals surface area (Å²) in [7, 11) is 0. The van der Waals surface area contributed by atoms with Gasteiger partial charge in [0.05, 0.1) is 35.1 Å². The highest BCUT2D eigenvalue weighted by Crippen LogP contribution is 2.35. The topological polar surface area (TPSA) is 69.9 Å². The van der Waals surface area contributed by atoms with E-state index in [1.807, 2.05) is 79.7 Å². The van der Waals surface area contributed by atoms with Gasteiger partial charge in [0.1, 0.15) is 5.75 Å². The number of benzene rings is 3. The van der Waals surface area contributed by atoms with Crippen LogP contribution in [0.4, 0.5) is 0 Å². The standard InChI is InChI=1S/C33H32N2O4S/c1-5-38-26-18-12-22(13-19-26)20-27-31(36)35-30(25-16-14-23(15-17-25)21(3)4)28(32(37)39-6-2)29(34-33(35)40-27)24-10-8-7-9-11-24/h7-21,30H,5-6H2,1-4H3/b27-20-/t30-/m0/s1. The fourth-order valence-corrected chi connectivity index (χ4v) is 5.80. The summed E-state index contributed by atoms with van der Waals surface area (Å²) in [4.78, 5) is 33.0. The molecule has 0 N–H and O–H groups in total. The van der Waals surface area contributed by atoms with E-state index in [1.165, 1.54) is 16.9 Å². The van der Waals surface area contributed by atoms with Gasteiger partial charge in [0.25, 0.3) is 5.56 Å². The normalized spacial score (nSPS) is 15.1. The van der Waals surface area contributed by atoms with Crippen molar-refractivity contribution in [3.8, 4) is 5.75 Å². The summed E-state index contributed by atoms with van der Waals surface area (Å²) in [6.45, 7) is 8.79. The minimum absolute atomic E-state index is 0.204. The molecule has 0 saturated heterocycles. The van der Waals surface area contributed by atoms with E-state index in [-0.39, 0.29) is 12.2 Å². The number of esters is 1. The van der Waals surface area contributed by atoms with Gasteiger partial charge in [0.15, 0.2) is 4.80 Å². The molecule has 0 unspecified atom stereocenters. The van der Waals surface area contributed by atoms with Crippen LogP contribution in [-0.4, -0.2) is 23.8 Å². The largest absolute Gasteiger partial charge is 0.494 e. The maximum absolute atomic E-state index is 14.0. The van der Waals surface area contributed by atoms with Crippen molar-refractivity contribution in [3.63, 3.8) is 0 Å². The smallest absolute Gasteiger partial charge is 0.338 e. The molecule has 6 nitrogen and oxygen atoms in total. The molecule has 1 aliphatic rings. The van der Waals surface area contributed by atoms with Crippen molar-refractivity contribution in [2.75, 3.05) is 13.2 Å². The van der Waals surface area contributed by atoms with Gasteiger partial charge >= 0.3 is 5.97 Å². The Bertz CT molecular complexity index is 1710. The molecule has 1 aromatic heterocycles. The molecular weight excluding hydrogens is 520 g/mol. The Morgan fingerprint density at radius 1 is 0.975 bits per heavy atom. The van der Waals surface area contributed by atoms with Gasteiger partial charge in [-0.2, -0.15) is 0 Å². The molecule has 7 heteroatoms. The number of rotatable bonds is 8.